The highest BCUT2D eigenvalue weighted by molar-refractivity contribution is 7.91. The van der Waals surface area contributed by atoms with Crippen LogP contribution in [0.5, 0.6) is 5.75 Å². The lowest BCUT2D eigenvalue weighted by Gasteiger charge is -2.27. The molecule has 0 aliphatic carbocycles. The first kappa shape index (κ1) is 33.6. The van der Waals surface area contributed by atoms with Gasteiger partial charge in [-0.05, 0) is 48.4 Å². The molecule has 0 radical (unpaired) electrons. The van der Waals surface area contributed by atoms with Crippen LogP contribution in [0.3, 0.4) is 0 Å². The van der Waals surface area contributed by atoms with Gasteiger partial charge in [-0.1, -0.05) is 11.3 Å². The van der Waals surface area contributed by atoms with Crippen LogP contribution in [0.4, 0.5) is 24.1 Å². The summed E-state index contributed by atoms with van der Waals surface area (Å²) in [6.45, 7) is 1.36. The fraction of sp³-hybridized carbons (Fsp3) is 0.500. The first-order valence-electron chi connectivity index (χ1n) is 14.4. The van der Waals surface area contributed by atoms with Crippen molar-refractivity contribution < 1.29 is 45.4 Å². The maximum atomic E-state index is 13.6. The molecule has 2 aliphatic heterocycles. The van der Waals surface area contributed by atoms with Crippen molar-refractivity contribution in [2.75, 3.05) is 57.2 Å². The second-order valence-electron chi connectivity index (χ2n) is 10.7. The SMILES string of the molecule is CNc1nccc2cc(CC(C(=O)OCCOC)N3CCC(NS(=O)(=O)c4cnc(N5CCCC5)s4)C3=O)c(OC(F)(F)F)cc12. The normalized spacial score (nSPS) is 17.9. The number of esters is 1. The van der Waals surface area contributed by atoms with E-state index in [-0.39, 0.29) is 36.0 Å². The van der Waals surface area contributed by atoms with Crippen molar-refractivity contribution in [1.82, 2.24) is 19.6 Å². The van der Waals surface area contributed by atoms with E-state index in [0.29, 0.717) is 21.7 Å². The van der Waals surface area contributed by atoms with Crippen molar-refractivity contribution in [2.24, 2.45) is 0 Å². The van der Waals surface area contributed by atoms with Crippen molar-refractivity contribution in [2.45, 2.75) is 48.3 Å². The molecule has 2 N–H and O–H groups in total. The lowest BCUT2D eigenvalue weighted by atomic mass is 10.00. The summed E-state index contributed by atoms with van der Waals surface area (Å²) in [6.07, 6.45) is -0.780. The van der Waals surface area contributed by atoms with E-state index in [4.69, 9.17) is 9.47 Å². The summed E-state index contributed by atoms with van der Waals surface area (Å²) in [5.74, 6) is -1.88. The number of aromatic nitrogens is 2. The van der Waals surface area contributed by atoms with Crippen molar-refractivity contribution in [3.8, 4) is 5.75 Å². The van der Waals surface area contributed by atoms with E-state index < -0.39 is 52.5 Å². The molecule has 2 unspecified atom stereocenters. The van der Waals surface area contributed by atoms with Crippen molar-refractivity contribution in [3.05, 3.63) is 36.2 Å². The number of thiazole rings is 1. The molecule has 250 valence electrons. The summed E-state index contributed by atoms with van der Waals surface area (Å²) in [5, 5.41) is 4.24. The molecular formula is C28H33F3N6O7S2. The number of likely N-dealkylation sites (tertiary alicyclic amines) is 1. The highest BCUT2D eigenvalue weighted by Gasteiger charge is 2.43. The average molecular weight is 687 g/mol. The number of fused-ring (bicyclic) bond motifs is 1. The molecular weight excluding hydrogens is 653 g/mol. The Hall–Kier alpha value is -3.74. The predicted octanol–water partition coefficient (Wildman–Crippen LogP) is 2.91. The average Bonchev–Trinajstić information content (AvgIpc) is 3.78. The molecule has 2 fully saturated rings. The van der Waals surface area contributed by atoms with E-state index in [2.05, 4.69) is 24.7 Å². The second kappa shape index (κ2) is 13.9. The molecule has 13 nitrogen and oxygen atoms in total. The number of carbonyl (C=O) groups is 2. The Bertz CT molecular complexity index is 1680. The molecule has 0 spiro atoms. The zero-order chi connectivity index (χ0) is 33.1. The molecule has 2 saturated heterocycles. The number of sulfonamides is 1. The summed E-state index contributed by atoms with van der Waals surface area (Å²) in [6, 6.07) is 1.56. The highest BCUT2D eigenvalue weighted by atomic mass is 32.2. The highest BCUT2D eigenvalue weighted by Crippen LogP contribution is 2.35. The molecule has 2 atom stereocenters. The van der Waals surface area contributed by atoms with E-state index in [1.807, 2.05) is 4.90 Å². The molecule has 4 heterocycles. The van der Waals surface area contributed by atoms with E-state index in [9.17, 15) is 31.2 Å². The standard InChI is InChI=1S/C28H33F3N6O7S2/c1-32-24-19-15-22(44-28(29,30)31)18(13-17(19)5-7-33-24)14-21(26(39)43-12-11-42-2)37-10-6-20(25(37)38)35-46(40,41)23-16-34-27(45-23)36-8-3-4-9-36/h5,7,13,15-16,20-21,35H,3-4,6,8-12,14H2,1-2H3,(H,32,33). The number of nitrogens with zero attached hydrogens (tertiary/aromatic N) is 4. The van der Waals surface area contributed by atoms with Crippen molar-refractivity contribution >= 4 is 55.0 Å². The molecule has 1 aromatic carbocycles. The van der Waals surface area contributed by atoms with Crippen LogP contribution >= 0.6 is 11.3 Å². The molecule has 5 rings (SSSR count). The van der Waals surface area contributed by atoms with Gasteiger partial charge in [0.05, 0.1) is 12.8 Å². The largest absolute Gasteiger partial charge is 0.573 e. The Morgan fingerprint density at radius 3 is 2.63 bits per heavy atom. The van der Waals surface area contributed by atoms with Gasteiger partial charge in [-0.2, -0.15) is 4.72 Å². The Kier molecular flexibility index (Phi) is 10.2. The maximum Gasteiger partial charge on any atom is 0.573 e. The van der Waals surface area contributed by atoms with Gasteiger partial charge in [-0.25, -0.2) is 23.2 Å². The first-order valence-corrected chi connectivity index (χ1v) is 16.7. The quantitative estimate of drug-likeness (QED) is 0.202. The van der Waals surface area contributed by atoms with Gasteiger partial charge >= 0.3 is 12.3 Å². The molecule has 2 aliphatic rings. The first-order chi connectivity index (χ1) is 21.9. The van der Waals surface area contributed by atoms with E-state index in [1.165, 1.54) is 31.6 Å². The van der Waals surface area contributed by atoms with Crippen molar-refractivity contribution in [3.63, 3.8) is 0 Å². The fourth-order valence-electron chi connectivity index (χ4n) is 5.47. The summed E-state index contributed by atoms with van der Waals surface area (Å²) < 4.78 is 83.9. The minimum absolute atomic E-state index is 0.0124. The van der Waals surface area contributed by atoms with Crippen LogP contribution in [0.2, 0.25) is 0 Å². The van der Waals surface area contributed by atoms with Gasteiger partial charge in [0.25, 0.3) is 10.0 Å². The summed E-state index contributed by atoms with van der Waals surface area (Å²) in [5.41, 5.74) is -0.0253. The van der Waals surface area contributed by atoms with Gasteiger partial charge in [-0.3, -0.25) is 4.79 Å². The Balaban J connectivity index is 1.42. The van der Waals surface area contributed by atoms with Crippen molar-refractivity contribution in [1.29, 1.82) is 0 Å². The van der Waals surface area contributed by atoms with Gasteiger partial charge in [0.15, 0.2) is 9.34 Å². The summed E-state index contributed by atoms with van der Waals surface area (Å²) in [4.78, 5) is 38.5. The van der Waals surface area contributed by atoms with Crippen LogP contribution in [0, 0.1) is 0 Å². The number of amides is 1. The van der Waals surface area contributed by atoms with Gasteiger partial charge in [-0.15, -0.1) is 13.2 Å². The van der Waals surface area contributed by atoms with Gasteiger partial charge < -0.3 is 29.3 Å². The zero-order valence-electron chi connectivity index (χ0n) is 25.0. The summed E-state index contributed by atoms with van der Waals surface area (Å²) >= 11 is 0.995. The van der Waals surface area contributed by atoms with Gasteiger partial charge in [0.1, 0.15) is 30.3 Å². The van der Waals surface area contributed by atoms with E-state index in [0.717, 1.165) is 42.2 Å². The molecule has 1 amide bonds. The monoisotopic (exact) mass is 686 g/mol. The van der Waals surface area contributed by atoms with Gasteiger partial charge in [0.2, 0.25) is 5.91 Å². The number of hydrogen-bond donors (Lipinski definition) is 2. The Labute approximate surface area is 267 Å². The Morgan fingerprint density at radius 1 is 1.17 bits per heavy atom. The summed E-state index contributed by atoms with van der Waals surface area (Å²) in [7, 11) is -1.18. The van der Waals surface area contributed by atoms with Crippen LogP contribution in [-0.4, -0.2) is 101 Å². The molecule has 2 aromatic heterocycles. The fourth-order valence-corrected chi connectivity index (χ4v) is 7.88. The number of benzene rings is 1. The van der Waals surface area contributed by atoms with Gasteiger partial charge in [0, 0.05) is 51.8 Å². The van der Waals surface area contributed by atoms with Crippen LogP contribution in [0.25, 0.3) is 10.8 Å². The minimum Gasteiger partial charge on any atom is -0.462 e. The lowest BCUT2D eigenvalue weighted by molar-refractivity contribution is -0.274. The smallest absolute Gasteiger partial charge is 0.462 e. The second-order valence-corrected chi connectivity index (χ2v) is 13.6. The third-order valence-electron chi connectivity index (χ3n) is 7.65. The number of pyridine rings is 1. The van der Waals surface area contributed by atoms with Crippen LogP contribution < -0.4 is 19.7 Å². The third kappa shape index (κ3) is 7.62. The maximum absolute atomic E-state index is 13.6. The number of ether oxygens (including phenoxy) is 3. The van der Waals surface area contributed by atoms with E-state index in [1.54, 1.807) is 13.1 Å². The molecule has 46 heavy (non-hydrogen) atoms. The molecule has 3 aromatic rings. The number of nitrogens with one attached hydrogen (secondary N) is 2. The lowest BCUT2D eigenvalue weighted by Crippen LogP contribution is -2.48. The molecule has 18 heteroatoms. The zero-order valence-corrected chi connectivity index (χ0v) is 26.6. The number of methoxy groups -OCH3 is 1. The third-order valence-corrected chi connectivity index (χ3v) is 10.6. The number of anilines is 2. The molecule has 0 bridgehead atoms. The molecule has 0 saturated carbocycles. The Morgan fingerprint density at radius 2 is 1.93 bits per heavy atom. The van der Waals surface area contributed by atoms with Crippen LogP contribution in [0.15, 0.2) is 34.8 Å². The number of halogens is 3. The minimum atomic E-state index is -5.06. The predicted molar refractivity (Wildman–Crippen MR) is 162 cm³/mol. The van der Waals surface area contributed by atoms with Crippen LogP contribution in [-0.2, 0) is 35.5 Å². The number of carbonyl (C=O) groups excluding carboxylic acids is 2. The topological polar surface area (TPSA) is 152 Å². The number of rotatable bonds is 13. The number of hydrogen-bond acceptors (Lipinski definition) is 12. The van der Waals surface area contributed by atoms with E-state index >= 15 is 0 Å². The number of alkyl halides is 3. The van der Waals surface area contributed by atoms with Crippen LogP contribution in [0.1, 0.15) is 24.8 Å².